The zero-order chi connectivity index (χ0) is 18.3. The van der Waals surface area contributed by atoms with Crippen LogP contribution in [0.25, 0.3) is 20.3 Å². The molecule has 130 valence electrons. The number of aryl methyl sites for hydroxylation is 1. The molecule has 2 heterocycles. The first kappa shape index (κ1) is 16.5. The highest BCUT2D eigenvalue weighted by atomic mass is 32.1. The van der Waals surface area contributed by atoms with Crippen LogP contribution >= 0.6 is 11.3 Å². The summed E-state index contributed by atoms with van der Waals surface area (Å²) in [5, 5.41) is 0.719. The molecule has 0 fully saturated rings. The lowest BCUT2D eigenvalue weighted by Crippen LogP contribution is -2.28. The van der Waals surface area contributed by atoms with E-state index in [9.17, 15) is 9.59 Å². The van der Waals surface area contributed by atoms with E-state index in [-0.39, 0.29) is 16.4 Å². The smallest absolute Gasteiger partial charge is 0.266 e. The Hall–Kier alpha value is -2.99. The molecule has 0 bridgehead atoms. The number of fused-ring (bicyclic) bond motifs is 2. The third kappa shape index (κ3) is 2.68. The summed E-state index contributed by atoms with van der Waals surface area (Å²) >= 11 is 1.37. The van der Waals surface area contributed by atoms with Gasteiger partial charge in [-0.2, -0.15) is 0 Å². The number of hydrogen-bond donors (Lipinski definition) is 0. The number of rotatable bonds is 3. The Morgan fingerprint density at radius 2 is 1.81 bits per heavy atom. The molecule has 0 unspecified atom stereocenters. The predicted octanol–water partition coefficient (Wildman–Crippen LogP) is 3.34. The van der Waals surface area contributed by atoms with Crippen LogP contribution in [0, 0.1) is 6.92 Å². The van der Waals surface area contributed by atoms with E-state index in [0.29, 0.717) is 22.6 Å². The van der Waals surface area contributed by atoms with Crippen molar-refractivity contribution in [1.82, 2.24) is 9.55 Å². The highest BCUT2D eigenvalue weighted by molar-refractivity contribution is 7.24. The second kappa shape index (κ2) is 6.38. The molecule has 2 aromatic heterocycles. The molecule has 0 saturated carbocycles. The van der Waals surface area contributed by atoms with Crippen LogP contribution in [0.5, 0.6) is 5.75 Å². The van der Waals surface area contributed by atoms with Crippen LogP contribution in [0.1, 0.15) is 11.4 Å². The first-order chi connectivity index (χ1) is 12.6. The maximum atomic E-state index is 13.0. The molecular formula is C20H16N2O3S. The maximum Gasteiger partial charge on any atom is 0.266 e. The summed E-state index contributed by atoms with van der Waals surface area (Å²) in [6.45, 7) is 2.14. The van der Waals surface area contributed by atoms with Gasteiger partial charge < -0.3 is 4.74 Å². The average Bonchev–Trinajstić information content (AvgIpc) is 2.65. The number of benzene rings is 2. The number of aromatic nitrogens is 2. The highest BCUT2D eigenvalue weighted by Crippen LogP contribution is 2.21. The molecule has 26 heavy (non-hydrogen) atoms. The topological polar surface area (TPSA) is 61.2 Å². The molecule has 0 aliphatic carbocycles. The Morgan fingerprint density at radius 1 is 1.08 bits per heavy atom. The van der Waals surface area contributed by atoms with Gasteiger partial charge in [-0.15, -0.1) is 11.3 Å². The highest BCUT2D eigenvalue weighted by Gasteiger charge is 2.14. The zero-order valence-corrected chi connectivity index (χ0v) is 15.2. The van der Waals surface area contributed by atoms with Crippen molar-refractivity contribution in [3.8, 4) is 5.75 Å². The van der Waals surface area contributed by atoms with Crippen molar-refractivity contribution in [2.45, 2.75) is 13.5 Å². The van der Waals surface area contributed by atoms with Gasteiger partial charge in [-0.3, -0.25) is 14.2 Å². The summed E-state index contributed by atoms with van der Waals surface area (Å²) in [6.07, 6.45) is 0. The molecular weight excluding hydrogens is 348 g/mol. The van der Waals surface area contributed by atoms with Gasteiger partial charge in [0.05, 0.1) is 13.7 Å². The summed E-state index contributed by atoms with van der Waals surface area (Å²) in [5.74, 6) is 1.34. The molecule has 0 spiro atoms. The lowest BCUT2D eigenvalue weighted by Gasteiger charge is -2.11. The molecule has 2 aromatic carbocycles. The molecule has 5 nitrogen and oxygen atoms in total. The average molecular weight is 364 g/mol. The third-order valence-electron chi connectivity index (χ3n) is 4.39. The monoisotopic (exact) mass is 364 g/mol. The molecule has 4 aromatic rings. The van der Waals surface area contributed by atoms with Gasteiger partial charge in [-0.25, -0.2) is 4.98 Å². The summed E-state index contributed by atoms with van der Waals surface area (Å²) < 4.78 is 7.55. The number of methoxy groups -OCH3 is 1. The van der Waals surface area contributed by atoms with E-state index >= 15 is 0 Å². The minimum atomic E-state index is -0.296. The Bertz CT molecular complexity index is 1240. The van der Waals surface area contributed by atoms with E-state index in [1.807, 2.05) is 36.4 Å². The second-order valence-corrected chi connectivity index (χ2v) is 7.04. The van der Waals surface area contributed by atoms with Crippen LogP contribution in [0.2, 0.25) is 0 Å². The predicted molar refractivity (Wildman–Crippen MR) is 104 cm³/mol. The number of hydrogen-bond acceptors (Lipinski definition) is 5. The SMILES string of the molecule is COc1ccc(Cn2c(C)nc3sc4ccccc4c(=O)c3c2=O)cc1. The lowest BCUT2D eigenvalue weighted by molar-refractivity contribution is 0.414. The van der Waals surface area contributed by atoms with Crippen LogP contribution in [-0.2, 0) is 6.54 Å². The fourth-order valence-corrected chi connectivity index (χ4v) is 4.07. The first-order valence-corrected chi connectivity index (χ1v) is 8.96. The molecule has 0 aliphatic rings. The van der Waals surface area contributed by atoms with Crippen molar-refractivity contribution in [3.05, 3.63) is 80.5 Å². The normalized spacial score (nSPS) is 11.2. The Balaban J connectivity index is 1.92. The second-order valence-electron chi connectivity index (χ2n) is 6.01. The standard InChI is InChI=1S/C20H16N2O3S/c1-12-21-19-17(18(23)15-5-3-4-6-16(15)26-19)20(24)22(12)11-13-7-9-14(25-2)10-8-13/h3-10H,11H2,1-2H3. The fourth-order valence-electron chi connectivity index (χ4n) is 2.99. The Labute approximate surface area is 153 Å². The van der Waals surface area contributed by atoms with Crippen molar-refractivity contribution in [3.63, 3.8) is 0 Å². The van der Waals surface area contributed by atoms with Gasteiger partial charge in [-0.05, 0) is 36.8 Å². The van der Waals surface area contributed by atoms with E-state index in [2.05, 4.69) is 4.98 Å². The van der Waals surface area contributed by atoms with Gasteiger partial charge in [0.25, 0.3) is 5.56 Å². The van der Waals surface area contributed by atoms with E-state index < -0.39 is 0 Å². The van der Waals surface area contributed by atoms with Crippen LogP contribution < -0.4 is 15.7 Å². The summed E-state index contributed by atoms with van der Waals surface area (Å²) in [7, 11) is 1.61. The lowest BCUT2D eigenvalue weighted by atomic mass is 10.2. The number of nitrogens with zero attached hydrogens (tertiary/aromatic N) is 2. The van der Waals surface area contributed by atoms with Gasteiger partial charge in [0.2, 0.25) is 5.43 Å². The third-order valence-corrected chi connectivity index (χ3v) is 5.46. The van der Waals surface area contributed by atoms with Crippen LogP contribution in [0.15, 0.2) is 58.1 Å². The van der Waals surface area contributed by atoms with Crippen LogP contribution in [-0.4, -0.2) is 16.7 Å². The molecule has 0 amide bonds. The van der Waals surface area contributed by atoms with Gasteiger partial charge >= 0.3 is 0 Å². The molecule has 4 rings (SSSR count). The van der Waals surface area contributed by atoms with E-state index in [0.717, 1.165) is 16.0 Å². The van der Waals surface area contributed by atoms with Gasteiger partial charge in [0, 0.05) is 10.1 Å². The van der Waals surface area contributed by atoms with Crippen molar-refractivity contribution in [1.29, 1.82) is 0 Å². The summed E-state index contributed by atoms with van der Waals surface area (Å²) in [6, 6.07) is 14.8. The fraction of sp³-hybridized carbons (Fsp3) is 0.150. The molecule has 0 radical (unpaired) electrons. The molecule has 6 heteroatoms. The van der Waals surface area contributed by atoms with Crippen molar-refractivity contribution < 1.29 is 4.74 Å². The minimum absolute atomic E-state index is 0.160. The van der Waals surface area contributed by atoms with E-state index in [1.54, 1.807) is 30.7 Å². The first-order valence-electron chi connectivity index (χ1n) is 8.14. The molecule has 0 atom stereocenters. The van der Waals surface area contributed by atoms with Gasteiger partial charge in [0.1, 0.15) is 21.8 Å². The molecule has 0 N–H and O–H groups in total. The van der Waals surface area contributed by atoms with Crippen molar-refractivity contribution in [2.24, 2.45) is 0 Å². The minimum Gasteiger partial charge on any atom is -0.497 e. The van der Waals surface area contributed by atoms with Crippen molar-refractivity contribution in [2.75, 3.05) is 7.11 Å². The van der Waals surface area contributed by atoms with Crippen LogP contribution in [0.4, 0.5) is 0 Å². The molecule has 0 saturated heterocycles. The zero-order valence-electron chi connectivity index (χ0n) is 14.4. The Kier molecular flexibility index (Phi) is 4.05. The van der Waals surface area contributed by atoms with Crippen molar-refractivity contribution >= 4 is 31.6 Å². The molecule has 0 aliphatic heterocycles. The van der Waals surface area contributed by atoms with Crippen LogP contribution in [0.3, 0.4) is 0 Å². The van der Waals surface area contributed by atoms with Gasteiger partial charge in [0.15, 0.2) is 0 Å². The Morgan fingerprint density at radius 3 is 2.54 bits per heavy atom. The largest absolute Gasteiger partial charge is 0.497 e. The summed E-state index contributed by atoms with van der Waals surface area (Å²) in [4.78, 5) is 30.9. The van der Waals surface area contributed by atoms with Gasteiger partial charge in [-0.1, -0.05) is 24.3 Å². The maximum absolute atomic E-state index is 13.0. The quantitative estimate of drug-likeness (QED) is 0.523. The number of ether oxygens (including phenoxy) is 1. The van der Waals surface area contributed by atoms with E-state index in [1.165, 1.54) is 11.3 Å². The van der Waals surface area contributed by atoms with E-state index in [4.69, 9.17) is 4.74 Å². The summed E-state index contributed by atoms with van der Waals surface area (Å²) in [5.41, 5.74) is 0.389.